The van der Waals surface area contributed by atoms with Crippen LogP contribution in [0.5, 0.6) is 5.75 Å². The van der Waals surface area contributed by atoms with Crippen molar-refractivity contribution >= 4 is 62.3 Å². The van der Waals surface area contributed by atoms with Crippen molar-refractivity contribution in [3.05, 3.63) is 117 Å². The minimum Gasteiger partial charge on any atom is -0.483 e. The molecule has 0 bridgehead atoms. The highest BCUT2D eigenvalue weighted by atomic mass is 32.2. The number of benzene rings is 2. The fourth-order valence-electron chi connectivity index (χ4n) is 6.18. The second kappa shape index (κ2) is 21.2. The van der Waals surface area contributed by atoms with Crippen molar-refractivity contribution in [3.63, 3.8) is 0 Å². The van der Waals surface area contributed by atoms with Crippen molar-refractivity contribution in [2.24, 2.45) is 5.41 Å². The molecule has 22 heteroatoms. The lowest BCUT2D eigenvalue weighted by atomic mass is 9.87. The lowest BCUT2D eigenvalue weighted by Gasteiger charge is -2.44. The number of thiazole rings is 1. The Kier molecular flexibility index (Phi) is 16.2. The van der Waals surface area contributed by atoms with Crippen molar-refractivity contribution < 1.29 is 56.0 Å². The Bertz CT molecular complexity index is 2640. The van der Waals surface area contributed by atoms with E-state index in [-0.39, 0.29) is 58.3 Å². The van der Waals surface area contributed by atoms with Crippen LogP contribution >= 0.6 is 11.3 Å². The molecule has 5 N–H and O–H groups in total. The molecular formula is C45H55N7O13S2. The molecule has 20 nitrogen and oxygen atoms in total. The number of allylic oxidation sites excluding steroid dienone is 1. The predicted molar refractivity (Wildman–Crippen MR) is 247 cm³/mol. The minimum absolute atomic E-state index is 0.0167. The second-order valence-electron chi connectivity index (χ2n) is 17.9. The summed E-state index contributed by atoms with van der Waals surface area (Å²) in [7, 11) is -5.19. The highest BCUT2D eigenvalue weighted by Crippen LogP contribution is 2.31. The number of anilines is 1. The smallest absolute Gasteiger partial charge is 0.413 e. The summed E-state index contributed by atoms with van der Waals surface area (Å²) in [5.41, 5.74) is -1.64. The van der Waals surface area contributed by atoms with Crippen LogP contribution in [0.1, 0.15) is 84.3 Å². The maximum atomic E-state index is 14.1. The number of carbonyl (C=O) groups excluding carboxylic acids is 5. The molecule has 1 aliphatic rings. The van der Waals surface area contributed by atoms with Gasteiger partial charge in [-0.15, -0.1) is 11.3 Å². The van der Waals surface area contributed by atoms with Gasteiger partial charge in [-0.2, -0.15) is 13.1 Å². The molecule has 3 heterocycles. The first kappa shape index (κ1) is 51.2. The van der Waals surface area contributed by atoms with Gasteiger partial charge in [0.2, 0.25) is 5.43 Å². The van der Waals surface area contributed by atoms with Gasteiger partial charge in [0, 0.05) is 18.0 Å². The summed E-state index contributed by atoms with van der Waals surface area (Å²) in [6, 6.07) is 15.6. The van der Waals surface area contributed by atoms with Crippen molar-refractivity contribution in [3.8, 4) is 5.75 Å². The van der Waals surface area contributed by atoms with E-state index in [1.54, 1.807) is 55.4 Å². The maximum Gasteiger partial charge on any atom is 0.413 e. The van der Waals surface area contributed by atoms with E-state index in [2.05, 4.69) is 26.3 Å². The number of nitrogens with one attached hydrogen (secondary N) is 4. The first-order valence-corrected chi connectivity index (χ1v) is 23.2. The molecule has 2 aromatic heterocycles. The third kappa shape index (κ3) is 14.9. The molecule has 0 radical (unpaired) electrons. The first-order chi connectivity index (χ1) is 31.3. The molecule has 2 aromatic carbocycles. The summed E-state index contributed by atoms with van der Waals surface area (Å²) >= 11 is 0.949. The van der Waals surface area contributed by atoms with Gasteiger partial charge in [-0.25, -0.2) is 18.9 Å². The van der Waals surface area contributed by atoms with Crippen LogP contribution in [0.3, 0.4) is 0 Å². The van der Waals surface area contributed by atoms with Crippen molar-refractivity contribution in [2.45, 2.75) is 105 Å². The highest BCUT2D eigenvalue weighted by Gasteiger charge is 2.54. The maximum absolute atomic E-state index is 14.1. The summed E-state index contributed by atoms with van der Waals surface area (Å²) in [4.78, 5) is 89.7. The number of urea groups is 1. The Morgan fingerprint density at radius 3 is 2.07 bits per heavy atom. The molecule has 5 amide bonds. The van der Waals surface area contributed by atoms with Crippen LogP contribution in [0, 0.1) is 5.41 Å². The van der Waals surface area contributed by atoms with E-state index in [1.165, 1.54) is 28.4 Å². The quantitative estimate of drug-likeness (QED) is 0.0381. The third-order valence-electron chi connectivity index (χ3n) is 9.52. The van der Waals surface area contributed by atoms with Crippen molar-refractivity contribution in [1.82, 2.24) is 30.0 Å². The molecule has 2 atom stereocenters. The summed E-state index contributed by atoms with van der Waals surface area (Å²) in [5, 5.41) is 11.5. The zero-order valence-corrected chi connectivity index (χ0v) is 39.9. The molecule has 1 fully saturated rings. The Morgan fingerprint density at radius 2 is 1.48 bits per heavy atom. The number of nitrogens with zero attached hydrogens (tertiary/aromatic N) is 3. The number of amides is 5. The van der Waals surface area contributed by atoms with Crippen LogP contribution in [0.4, 0.5) is 14.7 Å². The van der Waals surface area contributed by atoms with Crippen LogP contribution < -0.4 is 36.3 Å². The average molecular weight is 966 g/mol. The molecule has 1 saturated heterocycles. The SMILES string of the molecule is CC(C)(C)OC(=O)Nc1nc(/C(=C/CC(C)(C)C(=O)OC(C)(C)C)C(=O)N[C@@H]2C(=O)N(S(=O)(=O)O)[C@@H]2CNC(=O)NCc2cc(=O)c(OCc3ccccc3)cn2OCc2ccccc2)cs1. The molecule has 67 heavy (non-hydrogen) atoms. The van der Waals surface area contributed by atoms with Crippen LogP contribution in [-0.4, -0.2) is 86.7 Å². The van der Waals surface area contributed by atoms with Gasteiger partial charge >= 0.3 is 28.4 Å². The minimum atomic E-state index is -5.19. The predicted octanol–water partition coefficient (Wildman–Crippen LogP) is 5.00. The average Bonchev–Trinajstić information content (AvgIpc) is 3.68. The molecule has 4 aromatic rings. The first-order valence-electron chi connectivity index (χ1n) is 20.9. The fourth-order valence-corrected chi connectivity index (χ4v) is 7.75. The van der Waals surface area contributed by atoms with Gasteiger partial charge in [-0.1, -0.05) is 66.7 Å². The van der Waals surface area contributed by atoms with Gasteiger partial charge in [0.15, 0.2) is 10.9 Å². The van der Waals surface area contributed by atoms with E-state index in [0.29, 0.717) is 0 Å². The number of β-lactam (4-membered cyclic amide) rings is 1. The monoisotopic (exact) mass is 965 g/mol. The van der Waals surface area contributed by atoms with Crippen LogP contribution in [0.2, 0.25) is 0 Å². The van der Waals surface area contributed by atoms with Gasteiger partial charge in [0.25, 0.3) is 11.8 Å². The topological polar surface area (TPSA) is 263 Å². The second-order valence-corrected chi connectivity index (χ2v) is 20.1. The molecule has 0 aliphatic carbocycles. The van der Waals surface area contributed by atoms with Gasteiger partial charge in [0.05, 0.1) is 41.2 Å². The third-order valence-corrected chi connectivity index (χ3v) is 11.2. The van der Waals surface area contributed by atoms with Gasteiger partial charge < -0.3 is 35.0 Å². The van der Waals surface area contributed by atoms with E-state index < -0.39 is 80.9 Å². The fraction of sp³-hybridized carbons (Fsp3) is 0.400. The van der Waals surface area contributed by atoms with Gasteiger partial charge in [-0.3, -0.25) is 29.0 Å². The van der Waals surface area contributed by atoms with E-state index >= 15 is 0 Å². The van der Waals surface area contributed by atoms with E-state index in [0.717, 1.165) is 22.5 Å². The van der Waals surface area contributed by atoms with Crippen LogP contribution in [-0.2, 0) is 53.9 Å². The summed E-state index contributed by atoms with van der Waals surface area (Å²) in [6.45, 7) is 12.6. The molecule has 1 aliphatic heterocycles. The molecule has 0 saturated carbocycles. The molecule has 5 rings (SSSR count). The summed E-state index contributed by atoms with van der Waals surface area (Å²) in [5.74, 6) is -2.75. The number of ether oxygens (including phenoxy) is 3. The molecular weight excluding hydrogens is 911 g/mol. The number of esters is 1. The number of pyridine rings is 1. The standard InChI is InChI=1S/C45H55N7O13S2/c1-43(2,3)64-39(56)45(7,8)20-19-31(32-27-66-41(48-32)50-42(58)65-44(4,5)6)37(54)49-36-33(52(38(36)55)67(59,60)61)23-47-40(57)46-22-30-21-34(53)35(62-25-28-15-11-9-12-16-28)24-51(30)63-26-29-17-13-10-14-18-29/h9-19,21,24,27,33,36H,20,22-23,25-26H2,1-8H3,(H,49,54)(H2,46,47,57)(H,48,50,58)(H,59,60,61)/b31-19-/t33-,36+/m1/s1. The number of aromatic nitrogens is 2. The lowest BCUT2D eigenvalue weighted by molar-refractivity contribution is -0.165. The van der Waals surface area contributed by atoms with E-state index in [1.807, 2.05) is 60.7 Å². The van der Waals surface area contributed by atoms with Crippen LogP contribution in [0.25, 0.3) is 5.57 Å². The van der Waals surface area contributed by atoms with Crippen molar-refractivity contribution in [1.29, 1.82) is 0 Å². The number of rotatable bonds is 18. The molecule has 0 unspecified atom stereocenters. The highest BCUT2D eigenvalue weighted by molar-refractivity contribution is 7.84. The molecule has 0 spiro atoms. The Balaban J connectivity index is 1.32. The van der Waals surface area contributed by atoms with Crippen molar-refractivity contribution in [2.75, 3.05) is 11.9 Å². The van der Waals surface area contributed by atoms with Crippen LogP contribution in [0.15, 0.2) is 89.2 Å². The number of hydrogen-bond acceptors (Lipinski definition) is 14. The van der Waals surface area contributed by atoms with Gasteiger partial charge in [0.1, 0.15) is 30.5 Å². The van der Waals surface area contributed by atoms with Gasteiger partial charge in [-0.05, 0) is 72.9 Å². The number of hydrogen-bond donors (Lipinski definition) is 5. The zero-order valence-electron chi connectivity index (χ0n) is 38.3. The Hall–Kier alpha value is -6.78. The number of carbonyl (C=O) groups is 5. The zero-order chi connectivity index (χ0) is 49.3. The van der Waals surface area contributed by atoms with E-state index in [9.17, 15) is 41.7 Å². The largest absolute Gasteiger partial charge is 0.483 e. The Labute approximate surface area is 391 Å². The molecule has 360 valence electrons. The Morgan fingerprint density at radius 1 is 0.866 bits per heavy atom. The lowest BCUT2D eigenvalue weighted by Crippen LogP contribution is -2.74. The van der Waals surface area contributed by atoms with E-state index in [4.69, 9.17) is 19.0 Å². The normalized spacial score (nSPS) is 15.4. The summed E-state index contributed by atoms with van der Waals surface area (Å²) < 4.78 is 52.8. The summed E-state index contributed by atoms with van der Waals surface area (Å²) in [6.07, 6.45) is 1.85.